The van der Waals surface area contributed by atoms with Crippen LogP contribution in [0.1, 0.15) is 13.3 Å². The monoisotopic (exact) mass is 366 g/mol. The quantitative estimate of drug-likeness (QED) is 0.880. The summed E-state index contributed by atoms with van der Waals surface area (Å²) in [5.41, 5.74) is 0.483. The number of halogens is 4. The molecule has 1 aliphatic rings. The highest BCUT2D eigenvalue weighted by atomic mass is 79.9. The fourth-order valence-corrected chi connectivity index (χ4v) is 3.09. The molecule has 0 amide bonds. The normalized spacial score (nSPS) is 23.2. The first kappa shape index (κ1) is 16.4. The fraction of sp³-hybridized carbons (Fsp3) is 0.571. The Morgan fingerprint density at radius 3 is 2.67 bits per heavy atom. The van der Waals surface area contributed by atoms with Gasteiger partial charge in [-0.15, -0.1) is 13.2 Å². The predicted octanol–water partition coefficient (Wildman–Crippen LogP) is 3.78. The summed E-state index contributed by atoms with van der Waals surface area (Å²) in [6.45, 7) is 3.49. The van der Waals surface area contributed by atoms with Crippen molar-refractivity contribution in [2.45, 2.75) is 25.7 Å². The van der Waals surface area contributed by atoms with Gasteiger partial charge in [0.2, 0.25) is 0 Å². The number of nitrogens with zero attached hydrogens (tertiary/aromatic N) is 1. The van der Waals surface area contributed by atoms with Crippen LogP contribution in [0, 0.1) is 5.92 Å². The van der Waals surface area contributed by atoms with Crippen LogP contribution in [-0.2, 0) is 0 Å². The minimum atomic E-state index is -4.69. The van der Waals surface area contributed by atoms with E-state index in [0.717, 1.165) is 6.42 Å². The van der Waals surface area contributed by atoms with Gasteiger partial charge in [0, 0.05) is 23.6 Å². The van der Waals surface area contributed by atoms with E-state index in [2.05, 4.69) is 32.9 Å². The van der Waals surface area contributed by atoms with Gasteiger partial charge in [-0.25, -0.2) is 0 Å². The molecule has 1 N–H and O–H groups in total. The molecule has 1 heterocycles. The van der Waals surface area contributed by atoms with Gasteiger partial charge in [0.1, 0.15) is 0 Å². The third kappa shape index (κ3) is 4.26. The van der Waals surface area contributed by atoms with Crippen molar-refractivity contribution >= 4 is 21.6 Å². The molecule has 2 atom stereocenters. The summed E-state index contributed by atoms with van der Waals surface area (Å²) < 4.78 is 42.4. The number of alkyl halides is 3. The smallest absolute Gasteiger partial charge is 0.404 e. The van der Waals surface area contributed by atoms with E-state index in [1.807, 2.05) is 11.9 Å². The molecule has 2 rings (SSSR count). The molecule has 0 bridgehead atoms. The van der Waals surface area contributed by atoms with Gasteiger partial charge in [0.05, 0.1) is 5.69 Å². The maximum atomic E-state index is 12.5. The molecule has 1 fully saturated rings. The Morgan fingerprint density at radius 1 is 1.38 bits per heavy atom. The number of anilines is 1. The molecule has 0 spiro atoms. The van der Waals surface area contributed by atoms with Gasteiger partial charge in [-0.05, 0) is 37.6 Å². The minimum Gasteiger partial charge on any atom is -0.404 e. The highest BCUT2D eigenvalue weighted by Gasteiger charge is 2.34. The number of rotatable bonds is 3. The van der Waals surface area contributed by atoms with Crippen molar-refractivity contribution in [2.75, 3.05) is 25.0 Å². The molecule has 1 aromatic carbocycles. The molecular formula is C14H18BrF3N2O. The van der Waals surface area contributed by atoms with Crippen molar-refractivity contribution in [1.29, 1.82) is 0 Å². The third-order valence-electron chi connectivity index (χ3n) is 3.76. The minimum absolute atomic E-state index is 0.160. The van der Waals surface area contributed by atoms with Crippen molar-refractivity contribution < 1.29 is 17.9 Å². The lowest BCUT2D eigenvalue weighted by Gasteiger charge is -2.38. The van der Waals surface area contributed by atoms with Gasteiger partial charge in [-0.3, -0.25) is 0 Å². The Balaban J connectivity index is 2.23. The van der Waals surface area contributed by atoms with E-state index in [0.29, 0.717) is 35.2 Å². The number of ether oxygens (including phenoxy) is 1. The first-order chi connectivity index (χ1) is 9.80. The summed E-state index contributed by atoms with van der Waals surface area (Å²) in [6, 6.07) is 5.14. The first-order valence-electron chi connectivity index (χ1n) is 6.77. The molecular weight excluding hydrogens is 349 g/mol. The number of hydrogen-bond acceptors (Lipinski definition) is 3. The van der Waals surface area contributed by atoms with Crippen molar-refractivity contribution in [3.8, 4) is 5.75 Å². The summed E-state index contributed by atoms with van der Waals surface area (Å²) in [5.74, 6) is 0.193. The fourth-order valence-electron chi connectivity index (χ4n) is 2.75. The van der Waals surface area contributed by atoms with Crippen molar-refractivity contribution in [3.63, 3.8) is 0 Å². The Hall–Kier alpha value is -0.950. The average Bonchev–Trinajstić information content (AvgIpc) is 2.37. The van der Waals surface area contributed by atoms with E-state index in [-0.39, 0.29) is 5.75 Å². The summed E-state index contributed by atoms with van der Waals surface area (Å²) >= 11 is 3.18. The third-order valence-corrected chi connectivity index (χ3v) is 4.26. The lowest BCUT2D eigenvalue weighted by molar-refractivity contribution is -0.274. The van der Waals surface area contributed by atoms with Crippen LogP contribution in [0.5, 0.6) is 5.75 Å². The molecule has 0 radical (unpaired) electrons. The summed E-state index contributed by atoms with van der Waals surface area (Å²) in [7, 11) is 1.91. The Kier molecular flexibility index (Phi) is 5.03. The molecule has 1 saturated heterocycles. The number of piperidine rings is 1. The molecule has 1 aromatic rings. The van der Waals surface area contributed by atoms with Crippen LogP contribution >= 0.6 is 15.9 Å². The largest absolute Gasteiger partial charge is 0.573 e. The molecule has 7 heteroatoms. The van der Waals surface area contributed by atoms with Gasteiger partial charge in [-0.1, -0.05) is 22.9 Å². The maximum Gasteiger partial charge on any atom is 0.573 e. The van der Waals surface area contributed by atoms with E-state index in [1.54, 1.807) is 12.1 Å². The predicted molar refractivity (Wildman–Crippen MR) is 79.7 cm³/mol. The molecule has 0 aliphatic carbocycles. The van der Waals surface area contributed by atoms with Crippen LogP contribution in [-0.4, -0.2) is 32.5 Å². The van der Waals surface area contributed by atoms with E-state index < -0.39 is 6.36 Å². The number of nitrogens with one attached hydrogen (secondary N) is 1. The van der Waals surface area contributed by atoms with Gasteiger partial charge >= 0.3 is 6.36 Å². The number of hydrogen-bond donors (Lipinski definition) is 1. The Morgan fingerprint density at radius 2 is 2.10 bits per heavy atom. The summed E-state index contributed by atoms with van der Waals surface area (Å²) in [5, 5.41) is 3.24. The van der Waals surface area contributed by atoms with Crippen LogP contribution in [0.3, 0.4) is 0 Å². The average molecular weight is 367 g/mol. The lowest BCUT2D eigenvalue weighted by Crippen LogP contribution is -2.47. The topological polar surface area (TPSA) is 24.5 Å². The zero-order valence-electron chi connectivity index (χ0n) is 11.9. The molecule has 0 aromatic heterocycles. The second-order valence-electron chi connectivity index (χ2n) is 5.27. The highest BCUT2D eigenvalue weighted by molar-refractivity contribution is 9.10. The molecule has 1 aliphatic heterocycles. The standard InChI is InChI=1S/C14H18BrF3N2O/c1-9-8-20(6-5-11(9)19-2)12-4-3-10(15)7-13(12)21-14(16,17)18/h3-4,7,9,11,19H,5-6,8H2,1-2H3. The van der Waals surface area contributed by atoms with Crippen molar-refractivity contribution in [2.24, 2.45) is 5.92 Å². The zero-order valence-corrected chi connectivity index (χ0v) is 13.5. The second kappa shape index (κ2) is 6.44. The molecule has 2 unspecified atom stereocenters. The number of benzene rings is 1. The molecule has 3 nitrogen and oxygen atoms in total. The van der Waals surface area contributed by atoms with Gasteiger partial charge in [-0.2, -0.15) is 0 Å². The van der Waals surface area contributed by atoms with E-state index in [4.69, 9.17) is 0 Å². The summed E-state index contributed by atoms with van der Waals surface area (Å²) in [6.07, 6.45) is -3.80. The zero-order chi connectivity index (χ0) is 15.6. The van der Waals surface area contributed by atoms with Crippen LogP contribution < -0.4 is 15.0 Å². The second-order valence-corrected chi connectivity index (χ2v) is 6.18. The molecule has 0 saturated carbocycles. The molecule has 118 valence electrons. The van der Waals surface area contributed by atoms with Gasteiger partial charge in [0.25, 0.3) is 0 Å². The highest BCUT2D eigenvalue weighted by Crippen LogP contribution is 2.37. The van der Waals surface area contributed by atoms with Crippen molar-refractivity contribution in [1.82, 2.24) is 5.32 Å². The van der Waals surface area contributed by atoms with Crippen LogP contribution in [0.15, 0.2) is 22.7 Å². The van der Waals surface area contributed by atoms with E-state index in [1.165, 1.54) is 6.07 Å². The Bertz CT molecular complexity index is 496. The lowest BCUT2D eigenvalue weighted by atomic mass is 9.93. The van der Waals surface area contributed by atoms with E-state index in [9.17, 15) is 13.2 Å². The van der Waals surface area contributed by atoms with Crippen LogP contribution in [0.25, 0.3) is 0 Å². The van der Waals surface area contributed by atoms with Gasteiger partial charge < -0.3 is 15.0 Å². The molecule has 21 heavy (non-hydrogen) atoms. The van der Waals surface area contributed by atoms with E-state index >= 15 is 0 Å². The maximum absolute atomic E-state index is 12.5. The first-order valence-corrected chi connectivity index (χ1v) is 7.57. The van der Waals surface area contributed by atoms with Gasteiger partial charge in [0.15, 0.2) is 5.75 Å². The van der Waals surface area contributed by atoms with Crippen molar-refractivity contribution in [3.05, 3.63) is 22.7 Å². The van der Waals surface area contributed by atoms with Crippen LogP contribution in [0.2, 0.25) is 0 Å². The SMILES string of the molecule is CNC1CCN(c2ccc(Br)cc2OC(F)(F)F)CC1C. The summed E-state index contributed by atoms with van der Waals surface area (Å²) in [4.78, 5) is 1.95. The van der Waals surface area contributed by atoms with Crippen LogP contribution in [0.4, 0.5) is 18.9 Å². The Labute approximate surface area is 130 Å².